The van der Waals surface area contributed by atoms with Gasteiger partial charge in [0.1, 0.15) is 0 Å². The Morgan fingerprint density at radius 1 is 1.11 bits per heavy atom. The third kappa shape index (κ3) is 6.24. The number of aryl methyl sites for hydroxylation is 1. The molecule has 6 nitrogen and oxygen atoms in total. The third-order valence-electron chi connectivity index (χ3n) is 5.48. The van der Waals surface area contributed by atoms with Gasteiger partial charge in [0.2, 0.25) is 5.91 Å². The largest absolute Gasteiger partial charge is 0.336 e. The van der Waals surface area contributed by atoms with Crippen molar-refractivity contribution in [2.45, 2.75) is 59.4 Å². The molecule has 1 aliphatic rings. The van der Waals surface area contributed by atoms with Gasteiger partial charge in [-0.2, -0.15) is 0 Å². The number of nitrogens with one attached hydrogen (secondary N) is 3. The minimum Gasteiger partial charge on any atom is -0.336 e. The topological polar surface area (TPSA) is 73.5 Å². The molecule has 1 heterocycles. The summed E-state index contributed by atoms with van der Waals surface area (Å²) in [5, 5.41) is 8.72. The second-order valence-corrected chi connectivity index (χ2v) is 7.43. The first-order chi connectivity index (χ1) is 12.9. The smallest absolute Gasteiger partial charge is 0.319 e. The number of amides is 3. The molecule has 0 bridgehead atoms. The van der Waals surface area contributed by atoms with Crippen LogP contribution in [0.5, 0.6) is 0 Å². The molecule has 6 heteroatoms. The van der Waals surface area contributed by atoms with Crippen molar-refractivity contribution >= 4 is 23.3 Å². The first-order valence-corrected chi connectivity index (χ1v) is 10.1. The molecule has 1 aliphatic heterocycles. The predicted molar refractivity (Wildman–Crippen MR) is 111 cm³/mol. The van der Waals surface area contributed by atoms with Gasteiger partial charge in [-0.15, -0.1) is 0 Å². The van der Waals surface area contributed by atoms with Crippen LogP contribution < -0.4 is 16.0 Å². The van der Waals surface area contributed by atoms with Crippen LogP contribution in [0.4, 0.5) is 16.2 Å². The molecule has 3 N–H and O–H groups in total. The van der Waals surface area contributed by atoms with Crippen LogP contribution in [0.2, 0.25) is 0 Å². The lowest BCUT2D eigenvalue weighted by Crippen LogP contribution is -2.47. The molecule has 1 aromatic carbocycles. The van der Waals surface area contributed by atoms with Gasteiger partial charge in [0, 0.05) is 30.9 Å². The molecule has 1 saturated heterocycles. The number of hydrogen-bond acceptors (Lipinski definition) is 3. The molecule has 0 spiro atoms. The maximum absolute atomic E-state index is 12.4. The Hall–Kier alpha value is -2.08. The van der Waals surface area contributed by atoms with Crippen molar-refractivity contribution in [1.82, 2.24) is 10.2 Å². The van der Waals surface area contributed by atoms with E-state index in [0.717, 1.165) is 31.5 Å². The van der Waals surface area contributed by atoms with Gasteiger partial charge in [0.15, 0.2) is 0 Å². The van der Waals surface area contributed by atoms with Crippen LogP contribution in [0, 0.1) is 12.8 Å². The summed E-state index contributed by atoms with van der Waals surface area (Å²) < 4.78 is 0. The van der Waals surface area contributed by atoms with Gasteiger partial charge in [-0.25, -0.2) is 4.79 Å². The van der Waals surface area contributed by atoms with E-state index in [9.17, 15) is 9.59 Å². The highest BCUT2D eigenvalue weighted by atomic mass is 16.2. The fourth-order valence-corrected chi connectivity index (χ4v) is 3.90. The lowest BCUT2D eigenvalue weighted by molar-refractivity contribution is -0.114. The maximum Gasteiger partial charge on any atom is 0.319 e. The highest BCUT2D eigenvalue weighted by Crippen LogP contribution is 2.23. The van der Waals surface area contributed by atoms with E-state index in [-0.39, 0.29) is 11.9 Å². The molecule has 1 atom stereocenters. The number of carbonyl (C=O) groups is 2. The molecule has 0 aliphatic carbocycles. The van der Waals surface area contributed by atoms with Crippen molar-refractivity contribution in [2.75, 3.05) is 30.3 Å². The monoisotopic (exact) mass is 374 g/mol. The van der Waals surface area contributed by atoms with Crippen molar-refractivity contribution in [1.29, 1.82) is 0 Å². The van der Waals surface area contributed by atoms with E-state index < -0.39 is 0 Å². The average Bonchev–Trinajstić information content (AvgIpc) is 3.15. The van der Waals surface area contributed by atoms with Gasteiger partial charge < -0.3 is 16.0 Å². The zero-order valence-corrected chi connectivity index (χ0v) is 17.1. The summed E-state index contributed by atoms with van der Waals surface area (Å²) in [6, 6.07) is 5.70. The van der Waals surface area contributed by atoms with E-state index >= 15 is 0 Å². The molecule has 0 saturated carbocycles. The van der Waals surface area contributed by atoms with Gasteiger partial charge >= 0.3 is 6.03 Å². The van der Waals surface area contributed by atoms with Gasteiger partial charge in [-0.05, 0) is 56.5 Å². The zero-order chi connectivity index (χ0) is 19.8. The highest BCUT2D eigenvalue weighted by Gasteiger charge is 2.27. The third-order valence-corrected chi connectivity index (χ3v) is 5.48. The Labute approximate surface area is 163 Å². The van der Waals surface area contributed by atoms with E-state index in [0.29, 0.717) is 29.9 Å². The summed E-state index contributed by atoms with van der Waals surface area (Å²) in [6.45, 7) is 10.8. The van der Waals surface area contributed by atoms with Crippen LogP contribution in [0.1, 0.15) is 52.0 Å². The van der Waals surface area contributed by atoms with Crippen molar-refractivity contribution in [3.63, 3.8) is 0 Å². The fraction of sp³-hybridized carbons (Fsp3) is 0.619. The van der Waals surface area contributed by atoms with E-state index in [4.69, 9.17) is 0 Å². The predicted octanol–water partition coefficient (Wildman–Crippen LogP) is 3.98. The molecule has 0 aromatic heterocycles. The molecule has 27 heavy (non-hydrogen) atoms. The van der Waals surface area contributed by atoms with Gasteiger partial charge in [0.25, 0.3) is 0 Å². The standard InChI is InChI=1S/C21H34N4O2/c1-5-17(6-2)20(25-11-7-8-12-25)14-22-21(27)24-18-10-9-15(3)19(13-18)23-16(4)26/h9-10,13,17,20H,5-8,11-12,14H2,1-4H3,(H,23,26)(H2,22,24,27)/t20-/m0/s1. The van der Waals surface area contributed by atoms with Crippen LogP contribution in [0.15, 0.2) is 18.2 Å². The van der Waals surface area contributed by atoms with Gasteiger partial charge in [-0.3, -0.25) is 9.69 Å². The Morgan fingerprint density at radius 3 is 2.37 bits per heavy atom. The highest BCUT2D eigenvalue weighted by molar-refractivity contribution is 5.93. The number of anilines is 2. The van der Waals surface area contributed by atoms with Crippen LogP contribution >= 0.6 is 0 Å². The Balaban J connectivity index is 1.96. The summed E-state index contributed by atoms with van der Waals surface area (Å²) in [5.41, 5.74) is 2.34. The molecule has 1 fully saturated rings. The first-order valence-electron chi connectivity index (χ1n) is 10.1. The van der Waals surface area contributed by atoms with Crippen LogP contribution in [0.3, 0.4) is 0 Å². The number of carbonyl (C=O) groups excluding carboxylic acids is 2. The van der Waals surface area contributed by atoms with Crippen LogP contribution in [-0.2, 0) is 4.79 Å². The summed E-state index contributed by atoms with van der Waals surface area (Å²) in [4.78, 5) is 26.3. The minimum atomic E-state index is -0.206. The first kappa shape index (κ1) is 21.2. The molecule has 3 amide bonds. The number of nitrogens with zero attached hydrogens (tertiary/aromatic N) is 1. The minimum absolute atomic E-state index is 0.127. The van der Waals surface area contributed by atoms with E-state index in [1.807, 2.05) is 19.1 Å². The number of urea groups is 1. The fourth-order valence-electron chi connectivity index (χ4n) is 3.90. The molecular formula is C21H34N4O2. The Morgan fingerprint density at radius 2 is 1.78 bits per heavy atom. The second kappa shape index (κ2) is 10.3. The number of benzene rings is 1. The molecule has 1 aromatic rings. The Kier molecular flexibility index (Phi) is 8.10. The van der Waals surface area contributed by atoms with Crippen LogP contribution in [0.25, 0.3) is 0 Å². The Bertz CT molecular complexity index is 635. The summed E-state index contributed by atoms with van der Waals surface area (Å²) >= 11 is 0. The van der Waals surface area contributed by atoms with Crippen molar-refractivity contribution in [2.24, 2.45) is 5.92 Å². The van der Waals surface area contributed by atoms with Crippen molar-refractivity contribution < 1.29 is 9.59 Å². The normalized spacial score (nSPS) is 15.6. The molecule has 0 unspecified atom stereocenters. The van der Waals surface area contributed by atoms with Crippen molar-refractivity contribution in [3.05, 3.63) is 23.8 Å². The van der Waals surface area contributed by atoms with E-state index in [1.54, 1.807) is 6.07 Å². The SMILES string of the molecule is CCC(CC)[C@H](CNC(=O)Nc1ccc(C)c(NC(C)=O)c1)N1CCCC1. The lowest BCUT2D eigenvalue weighted by atomic mass is 9.93. The molecule has 0 radical (unpaired) electrons. The zero-order valence-electron chi connectivity index (χ0n) is 17.1. The van der Waals surface area contributed by atoms with E-state index in [2.05, 4.69) is 34.7 Å². The summed E-state index contributed by atoms with van der Waals surface area (Å²) in [5.74, 6) is 0.465. The van der Waals surface area contributed by atoms with E-state index in [1.165, 1.54) is 19.8 Å². The summed E-state index contributed by atoms with van der Waals surface area (Å²) in [6.07, 6.45) is 4.74. The van der Waals surface area contributed by atoms with Crippen molar-refractivity contribution in [3.8, 4) is 0 Å². The quantitative estimate of drug-likeness (QED) is 0.644. The van der Waals surface area contributed by atoms with Gasteiger partial charge in [-0.1, -0.05) is 32.8 Å². The van der Waals surface area contributed by atoms with Crippen LogP contribution in [-0.4, -0.2) is 42.5 Å². The molecule has 2 rings (SSSR count). The number of likely N-dealkylation sites (tertiary alicyclic amines) is 1. The second-order valence-electron chi connectivity index (χ2n) is 7.43. The number of rotatable bonds is 8. The molecular weight excluding hydrogens is 340 g/mol. The average molecular weight is 375 g/mol. The lowest BCUT2D eigenvalue weighted by Gasteiger charge is -2.33. The van der Waals surface area contributed by atoms with Gasteiger partial charge in [0.05, 0.1) is 0 Å². The molecule has 150 valence electrons. The summed E-state index contributed by atoms with van der Waals surface area (Å²) in [7, 11) is 0. The number of hydrogen-bond donors (Lipinski definition) is 3. The maximum atomic E-state index is 12.4.